The van der Waals surface area contributed by atoms with Crippen LogP contribution in [-0.4, -0.2) is 21.3 Å². The van der Waals surface area contributed by atoms with Gasteiger partial charge in [0.15, 0.2) is 0 Å². The molecule has 0 fully saturated rings. The highest BCUT2D eigenvalue weighted by atomic mass is 32.2. The summed E-state index contributed by atoms with van der Waals surface area (Å²) in [5.74, 6) is 1.44. The topological polar surface area (TPSA) is 52.6 Å². The summed E-state index contributed by atoms with van der Waals surface area (Å²) in [5, 5.41) is 0. The second kappa shape index (κ2) is 6.54. The molecule has 0 aliphatic carbocycles. The minimum Gasteiger partial charge on any atom is -0.457 e. The van der Waals surface area contributed by atoms with Gasteiger partial charge in [0, 0.05) is 6.42 Å². The van der Waals surface area contributed by atoms with Gasteiger partial charge >= 0.3 is 0 Å². The zero-order chi connectivity index (χ0) is 14.4. The number of benzene rings is 2. The summed E-state index contributed by atoms with van der Waals surface area (Å²) in [6.45, 7) is 0.105. The molecule has 0 radical (unpaired) electrons. The molecule has 0 heterocycles. The monoisotopic (exact) mass is 292 g/mol. The van der Waals surface area contributed by atoms with Gasteiger partial charge in [0.05, 0.1) is 12.9 Å². The third-order valence-electron chi connectivity index (χ3n) is 2.61. The highest BCUT2D eigenvalue weighted by Gasteiger charge is 2.07. The number of hydrogen-bond acceptors (Lipinski definition) is 4. The van der Waals surface area contributed by atoms with E-state index in [9.17, 15) is 8.42 Å². The lowest BCUT2D eigenvalue weighted by atomic mass is 10.1. The highest BCUT2D eigenvalue weighted by Crippen LogP contribution is 2.25. The van der Waals surface area contributed by atoms with Crippen LogP contribution in [0.2, 0.25) is 0 Å². The van der Waals surface area contributed by atoms with Crippen molar-refractivity contribution in [1.29, 1.82) is 0 Å². The molecular formula is C15H16O4S. The van der Waals surface area contributed by atoms with Crippen molar-refractivity contribution in [2.45, 2.75) is 6.42 Å². The van der Waals surface area contributed by atoms with Crippen molar-refractivity contribution in [3.8, 4) is 11.5 Å². The molecule has 0 saturated heterocycles. The lowest BCUT2D eigenvalue weighted by Crippen LogP contribution is -2.06. The van der Waals surface area contributed by atoms with Gasteiger partial charge in [-0.1, -0.05) is 36.4 Å². The molecule has 0 spiro atoms. The molecular weight excluding hydrogens is 276 g/mol. The Labute approximate surface area is 119 Å². The first-order chi connectivity index (χ1) is 9.54. The van der Waals surface area contributed by atoms with Crippen LogP contribution in [0.15, 0.2) is 54.6 Å². The maximum absolute atomic E-state index is 10.9. The van der Waals surface area contributed by atoms with Crippen molar-refractivity contribution in [1.82, 2.24) is 0 Å². The summed E-state index contributed by atoms with van der Waals surface area (Å²) in [5.41, 5.74) is 0.903. The molecule has 0 N–H and O–H groups in total. The SMILES string of the molecule is CS(=O)(=O)OCCc1ccccc1Oc1ccccc1. The molecule has 0 amide bonds. The van der Waals surface area contributed by atoms with Crippen molar-refractivity contribution >= 4 is 10.1 Å². The summed E-state index contributed by atoms with van der Waals surface area (Å²) in [6.07, 6.45) is 1.51. The van der Waals surface area contributed by atoms with Crippen molar-refractivity contribution in [3.63, 3.8) is 0 Å². The van der Waals surface area contributed by atoms with Crippen LogP contribution in [-0.2, 0) is 20.7 Å². The fourth-order valence-corrected chi connectivity index (χ4v) is 2.11. The van der Waals surface area contributed by atoms with Gasteiger partial charge in [0.1, 0.15) is 11.5 Å². The zero-order valence-corrected chi connectivity index (χ0v) is 12.0. The van der Waals surface area contributed by atoms with Gasteiger partial charge in [-0.2, -0.15) is 8.42 Å². The largest absolute Gasteiger partial charge is 0.457 e. The summed E-state index contributed by atoms with van der Waals surface area (Å²) in [4.78, 5) is 0. The molecule has 0 unspecified atom stereocenters. The zero-order valence-electron chi connectivity index (χ0n) is 11.2. The van der Waals surface area contributed by atoms with Crippen molar-refractivity contribution in [2.24, 2.45) is 0 Å². The fraction of sp³-hybridized carbons (Fsp3) is 0.200. The molecule has 2 rings (SSSR count). The van der Waals surface area contributed by atoms with Crippen LogP contribution >= 0.6 is 0 Å². The molecule has 0 aliphatic heterocycles. The van der Waals surface area contributed by atoms with Gasteiger partial charge < -0.3 is 4.74 Å². The van der Waals surface area contributed by atoms with Gasteiger partial charge in [-0.15, -0.1) is 0 Å². The van der Waals surface area contributed by atoms with E-state index in [1.165, 1.54) is 0 Å². The van der Waals surface area contributed by atoms with E-state index >= 15 is 0 Å². The molecule has 0 bridgehead atoms. The summed E-state index contributed by atoms with van der Waals surface area (Å²) in [7, 11) is -3.41. The molecule has 5 heteroatoms. The normalized spacial score (nSPS) is 11.2. The van der Waals surface area contributed by atoms with Crippen molar-refractivity contribution in [2.75, 3.05) is 12.9 Å². The van der Waals surface area contributed by atoms with Gasteiger partial charge in [-0.25, -0.2) is 0 Å². The van der Waals surface area contributed by atoms with Crippen molar-refractivity contribution < 1.29 is 17.3 Å². The van der Waals surface area contributed by atoms with Crippen LogP contribution in [0, 0.1) is 0 Å². The van der Waals surface area contributed by atoms with E-state index in [1.54, 1.807) is 0 Å². The average Bonchev–Trinajstić information content (AvgIpc) is 2.40. The number of rotatable bonds is 6. The predicted molar refractivity (Wildman–Crippen MR) is 77.5 cm³/mol. The smallest absolute Gasteiger partial charge is 0.264 e. The summed E-state index contributed by atoms with van der Waals surface area (Å²) >= 11 is 0. The Morgan fingerprint density at radius 2 is 1.60 bits per heavy atom. The third-order valence-corrected chi connectivity index (χ3v) is 3.21. The molecule has 106 valence electrons. The quantitative estimate of drug-likeness (QED) is 0.768. The van der Waals surface area contributed by atoms with E-state index in [-0.39, 0.29) is 6.61 Å². The fourth-order valence-electron chi connectivity index (χ4n) is 1.73. The lowest BCUT2D eigenvalue weighted by molar-refractivity contribution is 0.324. The van der Waals surface area contributed by atoms with Crippen LogP contribution in [0.25, 0.3) is 0 Å². The minimum absolute atomic E-state index is 0.105. The maximum Gasteiger partial charge on any atom is 0.264 e. The lowest BCUT2D eigenvalue weighted by Gasteiger charge is -2.10. The highest BCUT2D eigenvalue weighted by molar-refractivity contribution is 7.85. The first kappa shape index (κ1) is 14.6. The molecule has 0 atom stereocenters. The van der Waals surface area contributed by atoms with Gasteiger partial charge in [-0.05, 0) is 23.8 Å². The van der Waals surface area contributed by atoms with Gasteiger partial charge in [-0.3, -0.25) is 4.18 Å². The average molecular weight is 292 g/mol. The van der Waals surface area contributed by atoms with Gasteiger partial charge in [0.25, 0.3) is 10.1 Å². The summed E-state index contributed by atoms with van der Waals surface area (Å²) < 4.78 is 32.4. The predicted octanol–water partition coefficient (Wildman–Crippen LogP) is 3.00. The van der Waals surface area contributed by atoms with Crippen LogP contribution in [0.3, 0.4) is 0 Å². The van der Waals surface area contributed by atoms with Gasteiger partial charge in [0.2, 0.25) is 0 Å². The number of ether oxygens (including phenoxy) is 1. The molecule has 4 nitrogen and oxygen atoms in total. The Morgan fingerprint density at radius 1 is 0.950 bits per heavy atom. The second-order valence-corrected chi connectivity index (χ2v) is 5.94. The Kier molecular flexibility index (Phi) is 4.76. The molecule has 20 heavy (non-hydrogen) atoms. The first-order valence-corrected chi connectivity index (χ1v) is 8.01. The van der Waals surface area contributed by atoms with Crippen LogP contribution in [0.4, 0.5) is 0 Å². The van der Waals surface area contributed by atoms with E-state index in [0.29, 0.717) is 12.2 Å². The standard InChI is InChI=1S/C15H16O4S/c1-20(16,17)18-12-11-13-7-5-6-10-15(13)19-14-8-3-2-4-9-14/h2-10H,11-12H2,1H3. The minimum atomic E-state index is -3.41. The Morgan fingerprint density at radius 3 is 2.30 bits per heavy atom. The Bertz CT molecular complexity index is 651. The molecule has 0 aromatic heterocycles. The first-order valence-electron chi connectivity index (χ1n) is 6.20. The Balaban J connectivity index is 2.06. The van der Waals surface area contributed by atoms with Crippen LogP contribution in [0.5, 0.6) is 11.5 Å². The second-order valence-electron chi connectivity index (χ2n) is 4.30. The molecule has 2 aromatic rings. The van der Waals surface area contributed by atoms with Crippen molar-refractivity contribution in [3.05, 3.63) is 60.2 Å². The van der Waals surface area contributed by atoms with Crippen LogP contribution < -0.4 is 4.74 Å². The third kappa shape index (κ3) is 4.68. The summed E-state index contributed by atoms with van der Waals surface area (Å²) in [6, 6.07) is 16.9. The molecule has 0 saturated carbocycles. The number of para-hydroxylation sites is 2. The Hall–Kier alpha value is -1.85. The molecule has 2 aromatic carbocycles. The van der Waals surface area contributed by atoms with E-state index < -0.39 is 10.1 Å². The van der Waals surface area contributed by atoms with E-state index in [1.807, 2.05) is 54.6 Å². The van der Waals surface area contributed by atoms with E-state index in [0.717, 1.165) is 17.6 Å². The van der Waals surface area contributed by atoms with E-state index in [2.05, 4.69) is 0 Å². The van der Waals surface area contributed by atoms with Crippen LogP contribution in [0.1, 0.15) is 5.56 Å². The van der Waals surface area contributed by atoms with E-state index in [4.69, 9.17) is 8.92 Å². The molecule has 0 aliphatic rings. The number of hydrogen-bond donors (Lipinski definition) is 0. The maximum atomic E-state index is 10.9.